The zero-order chi connectivity index (χ0) is 21.9. The molecule has 166 valence electrons. The van der Waals surface area contributed by atoms with Crippen LogP contribution in [0.5, 0.6) is 0 Å². The molecule has 5 heterocycles. The molecule has 5 rings (SSSR count). The maximum Gasteiger partial charge on any atom is 0.245 e. The van der Waals surface area contributed by atoms with Gasteiger partial charge in [0.2, 0.25) is 11.9 Å². The number of fused-ring (bicyclic) bond motifs is 1. The average molecular weight is 435 g/mol. The molecule has 2 fully saturated rings. The van der Waals surface area contributed by atoms with Crippen molar-refractivity contribution in [3.8, 4) is 11.1 Å². The number of rotatable bonds is 5. The number of carbonyl (C=O) groups excluding carboxylic acids is 1. The Labute approximate surface area is 185 Å². The summed E-state index contributed by atoms with van der Waals surface area (Å²) in [4.78, 5) is 37.3. The Balaban J connectivity index is 1.31. The molecule has 3 aromatic heterocycles. The first-order valence-electron chi connectivity index (χ1n) is 10.9. The molecule has 1 amide bonds. The molecule has 0 aliphatic carbocycles. The number of ether oxygens (including phenoxy) is 1. The quantitative estimate of drug-likeness (QED) is 0.585. The predicted octanol–water partition coefficient (Wildman–Crippen LogP) is 1.84. The van der Waals surface area contributed by atoms with Crippen molar-refractivity contribution < 1.29 is 9.53 Å². The SMILES string of the molecule is C=CC(=O)N1CCC(Nc2cnc3[nH]cc(-c4cnc(N5CCOCC5)nc4)c3n2)CC1. The summed E-state index contributed by atoms with van der Waals surface area (Å²) in [7, 11) is 0. The molecular formula is C22H26N8O2. The normalized spacial score (nSPS) is 17.5. The second-order valence-corrected chi connectivity index (χ2v) is 7.97. The largest absolute Gasteiger partial charge is 0.378 e. The van der Waals surface area contributed by atoms with Crippen molar-refractivity contribution in [3.63, 3.8) is 0 Å². The van der Waals surface area contributed by atoms with Crippen molar-refractivity contribution in [3.05, 3.63) is 37.4 Å². The van der Waals surface area contributed by atoms with Crippen LogP contribution in [0.1, 0.15) is 12.8 Å². The number of hydrogen-bond acceptors (Lipinski definition) is 8. The van der Waals surface area contributed by atoms with Crippen molar-refractivity contribution in [1.29, 1.82) is 0 Å². The topological polar surface area (TPSA) is 112 Å². The monoisotopic (exact) mass is 434 g/mol. The number of morpholine rings is 1. The fourth-order valence-corrected chi connectivity index (χ4v) is 4.15. The highest BCUT2D eigenvalue weighted by Gasteiger charge is 2.22. The number of H-pyrrole nitrogens is 1. The first kappa shape index (κ1) is 20.4. The Morgan fingerprint density at radius 3 is 2.59 bits per heavy atom. The first-order valence-corrected chi connectivity index (χ1v) is 10.9. The van der Waals surface area contributed by atoms with Crippen molar-refractivity contribution in [2.24, 2.45) is 0 Å². The van der Waals surface area contributed by atoms with Crippen LogP contribution in [0.15, 0.2) is 37.4 Å². The highest BCUT2D eigenvalue weighted by molar-refractivity contribution is 5.90. The van der Waals surface area contributed by atoms with E-state index in [9.17, 15) is 4.79 Å². The Kier molecular flexibility index (Phi) is 5.68. The standard InChI is InChI=1S/C22H26N8O2/c1-2-19(31)29-5-3-16(4-6-29)27-18-14-24-21-20(28-18)17(13-23-21)15-11-25-22(26-12-15)30-7-9-32-10-8-30/h2,11-14,16H,1,3-10H2,(H,23,24)(H,27,28). The van der Waals surface area contributed by atoms with E-state index in [0.717, 1.165) is 48.4 Å². The molecule has 0 bridgehead atoms. The molecular weight excluding hydrogens is 408 g/mol. The number of amides is 1. The van der Waals surface area contributed by atoms with Crippen molar-refractivity contribution in [1.82, 2.24) is 29.8 Å². The predicted molar refractivity (Wildman–Crippen MR) is 121 cm³/mol. The van der Waals surface area contributed by atoms with Crippen LogP contribution in [-0.4, -0.2) is 81.2 Å². The minimum atomic E-state index is -0.0107. The minimum Gasteiger partial charge on any atom is -0.378 e. The van der Waals surface area contributed by atoms with Crippen LogP contribution in [0.4, 0.5) is 11.8 Å². The van der Waals surface area contributed by atoms with E-state index in [0.29, 0.717) is 37.9 Å². The molecule has 0 aromatic carbocycles. The summed E-state index contributed by atoms with van der Waals surface area (Å²) in [5, 5.41) is 3.47. The van der Waals surface area contributed by atoms with E-state index in [1.807, 2.05) is 23.5 Å². The van der Waals surface area contributed by atoms with Crippen LogP contribution in [0, 0.1) is 0 Å². The van der Waals surface area contributed by atoms with Gasteiger partial charge in [-0.15, -0.1) is 0 Å². The van der Waals surface area contributed by atoms with Crippen LogP contribution < -0.4 is 10.2 Å². The van der Waals surface area contributed by atoms with E-state index in [2.05, 4.69) is 36.7 Å². The molecule has 10 nitrogen and oxygen atoms in total. The number of anilines is 2. The molecule has 0 atom stereocenters. The van der Waals surface area contributed by atoms with Crippen molar-refractivity contribution in [2.75, 3.05) is 49.6 Å². The van der Waals surface area contributed by atoms with Gasteiger partial charge < -0.3 is 24.8 Å². The van der Waals surface area contributed by atoms with Gasteiger partial charge >= 0.3 is 0 Å². The lowest BCUT2D eigenvalue weighted by Crippen LogP contribution is -2.41. The smallest absolute Gasteiger partial charge is 0.245 e. The van der Waals surface area contributed by atoms with Gasteiger partial charge in [-0.1, -0.05) is 6.58 Å². The van der Waals surface area contributed by atoms with Gasteiger partial charge in [-0.05, 0) is 18.9 Å². The molecule has 0 unspecified atom stereocenters. The van der Waals surface area contributed by atoms with Gasteiger partial charge in [0.1, 0.15) is 11.3 Å². The lowest BCUT2D eigenvalue weighted by Gasteiger charge is -2.31. The third-order valence-electron chi connectivity index (χ3n) is 5.96. The van der Waals surface area contributed by atoms with Crippen LogP contribution in [0.25, 0.3) is 22.3 Å². The number of nitrogens with one attached hydrogen (secondary N) is 2. The summed E-state index contributed by atoms with van der Waals surface area (Å²) < 4.78 is 5.39. The van der Waals surface area contributed by atoms with E-state index in [-0.39, 0.29) is 11.9 Å². The summed E-state index contributed by atoms with van der Waals surface area (Å²) in [6.07, 6.45) is 10.4. The molecule has 2 aliphatic rings. The number of piperidine rings is 1. The van der Waals surface area contributed by atoms with Crippen molar-refractivity contribution >= 4 is 28.8 Å². The van der Waals surface area contributed by atoms with E-state index in [1.165, 1.54) is 6.08 Å². The summed E-state index contributed by atoms with van der Waals surface area (Å²) in [6.45, 7) is 7.97. The summed E-state index contributed by atoms with van der Waals surface area (Å²) >= 11 is 0. The maximum atomic E-state index is 11.8. The Morgan fingerprint density at radius 2 is 1.88 bits per heavy atom. The number of carbonyl (C=O) groups is 1. The molecule has 0 saturated carbocycles. The second-order valence-electron chi connectivity index (χ2n) is 7.97. The molecule has 10 heteroatoms. The van der Waals surface area contributed by atoms with Gasteiger partial charge in [-0.25, -0.2) is 19.9 Å². The number of likely N-dealkylation sites (tertiary alicyclic amines) is 1. The summed E-state index contributed by atoms with van der Waals surface area (Å²) in [5.74, 6) is 1.42. The van der Waals surface area contributed by atoms with Gasteiger partial charge in [-0.2, -0.15) is 0 Å². The molecule has 0 radical (unpaired) electrons. The van der Waals surface area contributed by atoms with E-state index < -0.39 is 0 Å². The fraction of sp³-hybridized carbons (Fsp3) is 0.409. The highest BCUT2D eigenvalue weighted by Crippen LogP contribution is 2.27. The zero-order valence-corrected chi connectivity index (χ0v) is 17.8. The lowest BCUT2D eigenvalue weighted by molar-refractivity contribution is -0.126. The average Bonchev–Trinajstić information content (AvgIpc) is 3.28. The van der Waals surface area contributed by atoms with Crippen molar-refractivity contribution in [2.45, 2.75) is 18.9 Å². The Morgan fingerprint density at radius 1 is 1.12 bits per heavy atom. The van der Waals surface area contributed by atoms with Crippen LogP contribution in [0.2, 0.25) is 0 Å². The highest BCUT2D eigenvalue weighted by atomic mass is 16.5. The molecule has 0 spiro atoms. The summed E-state index contributed by atoms with van der Waals surface area (Å²) in [6, 6.07) is 0.245. The number of aromatic amines is 1. The molecule has 2 N–H and O–H groups in total. The Bertz CT molecular complexity index is 1100. The second kappa shape index (κ2) is 8.91. The number of hydrogen-bond donors (Lipinski definition) is 2. The molecule has 2 aliphatic heterocycles. The third kappa shape index (κ3) is 4.13. The molecule has 2 saturated heterocycles. The minimum absolute atomic E-state index is 0.0107. The third-order valence-corrected chi connectivity index (χ3v) is 5.96. The first-order chi connectivity index (χ1) is 15.7. The fourth-order valence-electron chi connectivity index (χ4n) is 4.15. The maximum absolute atomic E-state index is 11.8. The molecule has 32 heavy (non-hydrogen) atoms. The number of nitrogens with zero attached hydrogens (tertiary/aromatic N) is 6. The van der Waals surface area contributed by atoms with Gasteiger partial charge in [0.25, 0.3) is 0 Å². The van der Waals surface area contributed by atoms with Gasteiger partial charge in [0.05, 0.1) is 19.4 Å². The Hall–Kier alpha value is -3.53. The summed E-state index contributed by atoms with van der Waals surface area (Å²) in [5.41, 5.74) is 3.29. The lowest BCUT2D eigenvalue weighted by atomic mass is 10.1. The van der Waals surface area contributed by atoms with Gasteiger partial charge in [0.15, 0.2) is 5.65 Å². The van der Waals surface area contributed by atoms with Crippen LogP contribution >= 0.6 is 0 Å². The van der Waals surface area contributed by atoms with Gasteiger partial charge in [0, 0.05) is 61.9 Å². The van der Waals surface area contributed by atoms with Crippen LogP contribution in [-0.2, 0) is 9.53 Å². The van der Waals surface area contributed by atoms with E-state index >= 15 is 0 Å². The zero-order valence-electron chi connectivity index (χ0n) is 17.8. The molecule has 3 aromatic rings. The number of aromatic nitrogens is 5. The van der Waals surface area contributed by atoms with Crippen LogP contribution in [0.3, 0.4) is 0 Å². The van der Waals surface area contributed by atoms with E-state index in [4.69, 9.17) is 9.72 Å². The van der Waals surface area contributed by atoms with E-state index in [1.54, 1.807) is 6.20 Å². The van der Waals surface area contributed by atoms with Gasteiger partial charge in [-0.3, -0.25) is 4.79 Å².